The Labute approximate surface area is 111 Å². The van der Waals surface area contributed by atoms with Gasteiger partial charge in [-0.2, -0.15) is 0 Å². The maximum Gasteiger partial charge on any atom is 0.126 e. The second-order valence-electron chi connectivity index (χ2n) is 2.52. The van der Waals surface area contributed by atoms with E-state index in [2.05, 4.69) is 15.9 Å². The molecule has 0 aliphatic carbocycles. The van der Waals surface area contributed by atoms with Crippen molar-refractivity contribution in [3.8, 4) is 0 Å². The third-order valence-electron chi connectivity index (χ3n) is 1.59. The molecule has 0 saturated heterocycles. The van der Waals surface area contributed by atoms with Crippen LogP contribution in [0.25, 0.3) is 5.03 Å². The topological polar surface area (TPSA) is 0 Å². The van der Waals surface area contributed by atoms with Gasteiger partial charge in [0.2, 0.25) is 0 Å². The fraction of sp³-hybridized carbons (Fsp3) is 0.111. The van der Waals surface area contributed by atoms with Crippen molar-refractivity contribution in [1.82, 2.24) is 0 Å². The van der Waals surface area contributed by atoms with Crippen LogP contribution in [0.2, 0.25) is 5.02 Å². The molecule has 5 heteroatoms. The molecule has 0 saturated carbocycles. The summed E-state index contributed by atoms with van der Waals surface area (Å²) in [4.78, 5) is 0. The highest BCUT2D eigenvalue weighted by atomic mass is 79.9. The van der Waals surface area contributed by atoms with E-state index in [9.17, 15) is 0 Å². The Morgan fingerprint density at radius 1 is 1.21 bits per heavy atom. The Morgan fingerprint density at radius 3 is 2.36 bits per heavy atom. The highest BCUT2D eigenvalue weighted by Crippen LogP contribution is 2.33. The molecule has 0 spiro atoms. The number of hydrogen-bond acceptors (Lipinski definition) is 0. The zero-order valence-corrected chi connectivity index (χ0v) is 11.4. The summed E-state index contributed by atoms with van der Waals surface area (Å²) in [7, 11) is 0. The summed E-state index contributed by atoms with van der Waals surface area (Å²) in [5, 5.41) is 1.51. The van der Waals surface area contributed by atoms with Crippen LogP contribution in [-0.2, 0) is 5.33 Å². The maximum absolute atomic E-state index is 5.94. The maximum atomic E-state index is 5.94. The molecular formula is C9H5BrCl4. The number of benzene rings is 1. The summed E-state index contributed by atoms with van der Waals surface area (Å²) in [6.45, 7) is 0. The second kappa shape index (κ2) is 5.62. The van der Waals surface area contributed by atoms with E-state index in [0.717, 1.165) is 10.9 Å². The first kappa shape index (κ1) is 12.7. The van der Waals surface area contributed by atoms with Gasteiger partial charge < -0.3 is 0 Å². The van der Waals surface area contributed by atoms with Gasteiger partial charge in [-0.1, -0.05) is 68.4 Å². The summed E-state index contributed by atoms with van der Waals surface area (Å²) in [6, 6.07) is 5.49. The van der Waals surface area contributed by atoms with E-state index in [4.69, 9.17) is 46.4 Å². The molecule has 0 aliphatic heterocycles. The smallest absolute Gasteiger partial charge is 0.0876 e. The third-order valence-corrected chi connectivity index (χ3v) is 3.53. The minimum atomic E-state index is 0.0142. The molecule has 0 aromatic heterocycles. The summed E-state index contributed by atoms with van der Waals surface area (Å²) in [5.74, 6) is 0. The molecule has 0 fully saturated rings. The fourth-order valence-corrected chi connectivity index (χ4v) is 1.89. The Morgan fingerprint density at radius 2 is 1.86 bits per heavy atom. The SMILES string of the molecule is ClC(Cl)=C(Cl)c1cc(CBr)ccc1Cl. The lowest BCUT2D eigenvalue weighted by molar-refractivity contribution is 1.42. The van der Waals surface area contributed by atoms with Gasteiger partial charge in [0.25, 0.3) is 0 Å². The number of alkyl halides is 1. The summed E-state index contributed by atoms with van der Waals surface area (Å²) in [5.41, 5.74) is 1.70. The summed E-state index contributed by atoms with van der Waals surface area (Å²) < 4.78 is 0.0142. The number of halogens is 5. The number of hydrogen-bond donors (Lipinski definition) is 0. The molecule has 0 nitrogen and oxygen atoms in total. The molecular weight excluding hydrogens is 330 g/mol. The van der Waals surface area contributed by atoms with Gasteiger partial charge >= 0.3 is 0 Å². The molecule has 0 N–H and O–H groups in total. The highest BCUT2D eigenvalue weighted by Gasteiger charge is 2.08. The van der Waals surface area contributed by atoms with E-state index in [0.29, 0.717) is 10.6 Å². The minimum Gasteiger partial charge on any atom is -0.0876 e. The molecule has 0 heterocycles. The molecule has 0 aliphatic rings. The molecule has 1 rings (SSSR count). The van der Waals surface area contributed by atoms with E-state index in [-0.39, 0.29) is 9.52 Å². The zero-order valence-electron chi connectivity index (χ0n) is 6.83. The van der Waals surface area contributed by atoms with Crippen LogP contribution >= 0.6 is 62.3 Å². The van der Waals surface area contributed by atoms with Crippen molar-refractivity contribution in [2.75, 3.05) is 0 Å². The number of rotatable bonds is 2. The molecule has 0 bridgehead atoms. The average Bonchev–Trinajstić information content (AvgIpc) is 2.17. The van der Waals surface area contributed by atoms with Gasteiger partial charge in [-0.25, -0.2) is 0 Å². The van der Waals surface area contributed by atoms with Gasteiger partial charge in [0.05, 0.1) is 5.03 Å². The van der Waals surface area contributed by atoms with Crippen LogP contribution in [0, 0.1) is 0 Å². The molecule has 0 atom stereocenters. The van der Waals surface area contributed by atoms with Crippen LogP contribution in [0.15, 0.2) is 22.7 Å². The average molecular weight is 335 g/mol. The predicted octanol–water partition coefficient (Wildman–Crippen LogP) is 5.58. The molecule has 1 aromatic rings. The van der Waals surface area contributed by atoms with Gasteiger partial charge in [-0.05, 0) is 17.7 Å². The Kier molecular flexibility index (Phi) is 5.09. The first-order chi connectivity index (χ1) is 6.56. The van der Waals surface area contributed by atoms with Crippen molar-refractivity contribution in [2.45, 2.75) is 5.33 Å². The van der Waals surface area contributed by atoms with Gasteiger partial charge in [-0.3, -0.25) is 0 Å². The summed E-state index contributed by atoms with van der Waals surface area (Å²) >= 11 is 26.3. The van der Waals surface area contributed by atoms with Crippen molar-refractivity contribution < 1.29 is 0 Å². The normalized spacial score (nSPS) is 10.1. The van der Waals surface area contributed by atoms with Crippen molar-refractivity contribution in [3.63, 3.8) is 0 Å². The molecule has 1 aromatic carbocycles. The van der Waals surface area contributed by atoms with Gasteiger partial charge in [-0.15, -0.1) is 0 Å². The molecule has 76 valence electrons. The van der Waals surface area contributed by atoms with Crippen LogP contribution in [-0.4, -0.2) is 0 Å². The predicted molar refractivity (Wildman–Crippen MR) is 68.6 cm³/mol. The van der Waals surface area contributed by atoms with E-state index in [1.165, 1.54) is 0 Å². The van der Waals surface area contributed by atoms with E-state index >= 15 is 0 Å². The van der Waals surface area contributed by atoms with Crippen LogP contribution in [0.4, 0.5) is 0 Å². The Bertz CT molecular complexity index is 369. The lowest BCUT2D eigenvalue weighted by Crippen LogP contribution is -1.84. The first-order valence-corrected chi connectivity index (χ1v) is 6.25. The Balaban J connectivity index is 3.26. The largest absolute Gasteiger partial charge is 0.126 e. The lowest BCUT2D eigenvalue weighted by atomic mass is 10.1. The Hall–Kier alpha value is 0.600. The van der Waals surface area contributed by atoms with Crippen LogP contribution in [0.5, 0.6) is 0 Å². The van der Waals surface area contributed by atoms with Crippen LogP contribution in [0.1, 0.15) is 11.1 Å². The minimum absolute atomic E-state index is 0.0142. The van der Waals surface area contributed by atoms with E-state index in [1.807, 2.05) is 12.1 Å². The van der Waals surface area contributed by atoms with E-state index in [1.54, 1.807) is 6.07 Å². The third kappa shape index (κ3) is 3.04. The van der Waals surface area contributed by atoms with Crippen molar-refractivity contribution >= 4 is 67.4 Å². The van der Waals surface area contributed by atoms with Crippen LogP contribution < -0.4 is 0 Å². The lowest BCUT2D eigenvalue weighted by Gasteiger charge is -2.05. The van der Waals surface area contributed by atoms with Crippen molar-refractivity contribution in [3.05, 3.63) is 38.8 Å². The second-order valence-corrected chi connectivity index (χ2v) is 4.82. The van der Waals surface area contributed by atoms with Gasteiger partial charge in [0.15, 0.2) is 0 Å². The van der Waals surface area contributed by atoms with E-state index < -0.39 is 0 Å². The first-order valence-electron chi connectivity index (χ1n) is 3.61. The quantitative estimate of drug-likeness (QED) is 0.619. The highest BCUT2D eigenvalue weighted by molar-refractivity contribution is 9.08. The van der Waals surface area contributed by atoms with Crippen molar-refractivity contribution in [1.29, 1.82) is 0 Å². The fourth-order valence-electron chi connectivity index (χ4n) is 0.926. The molecule has 0 radical (unpaired) electrons. The standard InChI is InChI=1S/C9H5BrCl4/c10-4-5-1-2-7(11)6(3-5)8(12)9(13)14/h1-3H,4H2. The van der Waals surface area contributed by atoms with Gasteiger partial charge in [0, 0.05) is 15.9 Å². The summed E-state index contributed by atoms with van der Waals surface area (Å²) in [6.07, 6.45) is 0. The molecule has 0 unspecified atom stereocenters. The van der Waals surface area contributed by atoms with Crippen molar-refractivity contribution in [2.24, 2.45) is 0 Å². The monoisotopic (exact) mass is 332 g/mol. The van der Waals surface area contributed by atoms with Crippen LogP contribution in [0.3, 0.4) is 0 Å². The van der Waals surface area contributed by atoms with Gasteiger partial charge in [0.1, 0.15) is 4.49 Å². The zero-order chi connectivity index (χ0) is 10.7. The molecule has 14 heavy (non-hydrogen) atoms. The molecule has 0 amide bonds.